The van der Waals surface area contributed by atoms with Gasteiger partial charge in [0.1, 0.15) is 0 Å². The molecule has 2 heteroatoms. The molecule has 2 nitrogen and oxygen atoms in total. The lowest BCUT2D eigenvalue weighted by Gasteiger charge is -2.16. The zero-order valence-corrected chi connectivity index (χ0v) is 8.78. The number of hydrogen-bond donors (Lipinski definition) is 1. The summed E-state index contributed by atoms with van der Waals surface area (Å²) in [6.07, 6.45) is 2.17. The van der Waals surface area contributed by atoms with Crippen molar-refractivity contribution in [2.75, 3.05) is 13.2 Å². The van der Waals surface area contributed by atoms with E-state index in [9.17, 15) is 0 Å². The summed E-state index contributed by atoms with van der Waals surface area (Å²) in [4.78, 5) is 0. The van der Waals surface area contributed by atoms with Gasteiger partial charge in [0.05, 0.1) is 6.10 Å². The van der Waals surface area contributed by atoms with Gasteiger partial charge in [-0.15, -0.1) is 0 Å². The van der Waals surface area contributed by atoms with Crippen molar-refractivity contribution in [1.29, 1.82) is 0 Å². The van der Waals surface area contributed by atoms with Crippen molar-refractivity contribution in [3.05, 3.63) is 35.9 Å². The Labute approximate surface area is 86.1 Å². The van der Waals surface area contributed by atoms with Crippen LogP contribution in [0.1, 0.15) is 31.4 Å². The SMILES string of the molecule is CCC(OCCCN)c1ccccc1. The minimum atomic E-state index is 0.225. The Balaban J connectivity index is 2.46. The van der Waals surface area contributed by atoms with Gasteiger partial charge in [-0.2, -0.15) is 0 Å². The van der Waals surface area contributed by atoms with Crippen molar-refractivity contribution < 1.29 is 4.74 Å². The second-order valence-corrected chi connectivity index (χ2v) is 3.32. The zero-order chi connectivity index (χ0) is 10.2. The van der Waals surface area contributed by atoms with Crippen LogP contribution in [0.4, 0.5) is 0 Å². The van der Waals surface area contributed by atoms with Crippen LogP contribution in [0.25, 0.3) is 0 Å². The Kier molecular flexibility index (Phi) is 5.27. The van der Waals surface area contributed by atoms with E-state index < -0.39 is 0 Å². The molecule has 0 aliphatic carbocycles. The van der Waals surface area contributed by atoms with E-state index in [0.717, 1.165) is 19.4 Å². The molecule has 0 radical (unpaired) electrons. The summed E-state index contributed by atoms with van der Waals surface area (Å²) < 4.78 is 5.74. The molecule has 0 saturated carbocycles. The summed E-state index contributed by atoms with van der Waals surface area (Å²) in [7, 11) is 0. The molecule has 0 amide bonds. The average Bonchev–Trinajstić information content (AvgIpc) is 2.26. The second kappa shape index (κ2) is 6.57. The summed E-state index contributed by atoms with van der Waals surface area (Å²) in [6, 6.07) is 10.3. The highest BCUT2D eigenvalue weighted by Crippen LogP contribution is 2.20. The van der Waals surface area contributed by atoms with Crippen LogP contribution in [0, 0.1) is 0 Å². The fourth-order valence-corrected chi connectivity index (χ4v) is 1.43. The van der Waals surface area contributed by atoms with E-state index >= 15 is 0 Å². The van der Waals surface area contributed by atoms with Gasteiger partial charge in [-0.25, -0.2) is 0 Å². The molecular weight excluding hydrogens is 174 g/mol. The predicted octanol–water partition coefficient (Wildman–Crippen LogP) is 2.50. The topological polar surface area (TPSA) is 35.2 Å². The van der Waals surface area contributed by atoms with Crippen LogP contribution in [-0.2, 0) is 4.74 Å². The maximum atomic E-state index is 5.74. The Hall–Kier alpha value is -0.860. The van der Waals surface area contributed by atoms with Crippen LogP contribution in [0.5, 0.6) is 0 Å². The van der Waals surface area contributed by atoms with Gasteiger partial charge in [0.25, 0.3) is 0 Å². The molecule has 0 aromatic heterocycles. The molecular formula is C12H19NO. The Bertz CT molecular complexity index is 235. The Morgan fingerprint density at radius 2 is 2.00 bits per heavy atom. The molecule has 1 atom stereocenters. The molecule has 0 aliphatic heterocycles. The van der Waals surface area contributed by atoms with E-state index in [1.807, 2.05) is 18.2 Å². The molecule has 0 saturated heterocycles. The number of benzene rings is 1. The molecule has 0 spiro atoms. The Morgan fingerprint density at radius 3 is 2.57 bits per heavy atom. The molecule has 2 N–H and O–H groups in total. The van der Waals surface area contributed by atoms with Crippen molar-refractivity contribution in [2.24, 2.45) is 5.73 Å². The normalized spacial score (nSPS) is 12.7. The van der Waals surface area contributed by atoms with Crippen molar-refractivity contribution in [1.82, 2.24) is 0 Å². The second-order valence-electron chi connectivity index (χ2n) is 3.32. The first-order valence-corrected chi connectivity index (χ1v) is 5.25. The standard InChI is InChI=1S/C12H19NO/c1-2-12(14-10-6-9-13)11-7-4-3-5-8-11/h3-5,7-8,12H,2,6,9-10,13H2,1H3. The van der Waals surface area contributed by atoms with Crippen LogP contribution >= 0.6 is 0 Å². The minimum absolute atomic E-state index is 0.225. The highest BCUT2D eigenvalue weighted by molar-refractivity contribution is 5.17. The molecule has 1 aromatic rings. The van der Waals surface area contributed by atoms with Crippen molar-refractivity contribution in [2.45, 2.75) is 25.9 Å². The smallest absolute Gasteiger partial charge is 0.0822 e. The monoisotopic (exact) mass is 193 g/mol. The highest BCUT2D eigenvalue weighted by atomic mass is 16.5. The first kappa shape index (κ1) is 11.2. The van der Waals surface area contributed by atoms with Crippen LogP contribution in [0.15, 0.2) is 30.3 Å². The molecule has 14 heavy (non-hydrogen) atoms. The van der Waals surface area contributed by atoms with Gasteiger partial charge in [0.2, 0.25) is 0 Å². The van der Waals surface area contributed by atoms with Crippen LogP contribution in [-0.4, -0.2) is 13.2 Å². The molecule has 0 aliphatic rings. The minimum Gasteiger partial charge on any atom is -0.373 e. The van der Waals surface area contributed by atoms with Gasteiger partial charge in [0.15, 0.2) is 0 Å². The summed E-state index contributed by atoms with van der Waals surface area (Å²) >= 11 is 0. The summed E-state index contributed by atoms with van der Waals surface area (Å²) in [5, 5.41) is 0. The van der Waals surface area contributed by atoms with Crippen molar-refractivity contribution in [3.8, 4) is 0 Å². The fourth-order valence-electron chi connectivity index (χ4n) is 1.43. The first-order chi connectivity index (χ1) is 6.88. The lowest BCUT2D eigenvalue weighted by molar-refractivity contribution is 0.0494. The molecule has 1 rings (SSSR count). The average molecular weight is 193 g/mol. The first-order valence-electron chi connectivity index (χ1n) is 5.25. The van der Waals surface area contributed by atoms with E-state index in [2.05, 4.69) is 19.1 Å². The van der Waals surface area contributed by atoms with Gasteiger partial charge < -0.3 is 10.5 Å². The third kappa shape index (κ3) is 3.48. The van der Waals surface area contributed by atoms with Crippen molar-refractivity contribution in [3.63, 3.8) is 0 Å². The molecule has 1 unspecified atom stereocenters. The quantitative estimate of drug-likeness (QED) is 0.704. The summed E-state index contributed by atoms with van der Waals surface area (Å²) in [5.74, 6) is 0. The van der Waals surface area contributed by atoms with Gasteiger partial charge in [-0.1, -0.05) is 37.3 Å². The van der Waals surface area contributed by atoms with E-state index in [1.54, 1.807) is 0 Å². The molecule has 0 heterocycles. The zero-order valence-electron chi connectivity index (χ0n) is 8.78. The van der Waals surface area contributed by atoms with Gasteiger partial charge in [-0.3, -0.25) is 0 Å². The predicted molar refractivity (Wildman–Crippen MR) is 59.1 cm³/mol. The molecule has 0 fully saturated rings. The number of hydrogen-bond acceptors (Lipinski definition) is 2. The number of rotatable bonds is 6. The maximum absolute atomic E-state index is 5.74. The Morgan fingerprint density at radius 1 is 1.29 bits per heavy atom. The third-order valence-corrected chi connectivity index (χ3v) is 2.21. The lowest BCUT2D eigenvalue weighted by atomic mass is 10.1. The van der Waals surface area contributed by atoms with Crippen molar-refractivity contribution >= 4 is 0 Å². The van der Waals surface area contributed by atoms with E-state index in [4.69, 9.17) is 10.5 Å². The van der Waals surface area contributed by atoms with Gasteiger partial charge >= 0.3 is 0 Å². The van der Waals surface area contributed by atoms with Gasteiger partial charge in [-0.05, 0) is 24.9 Å². The number of nitrogens with two attached hydrogens (primary N) is 1. The molecule has 78 valence electrons. The summed E-state index contributed by atoms with van der Waals surface area (Å²) in [6.45, 7) is 3.59. The van der Waals surface area contributed by atoms with E-state index in [-0.39, 0.29) is 6.10 Å². The van der Waals surface area contributed by atoms with E-state index in [1.165, 1.54) is 5.56 Å². The maximum Gasteiger partial charge on any atom is 0.0822 e. The lowest BCUT2D eigenvalue weighted by Crippen LogP contribution is -2.08. The van der Waals surface area contributed by atoms with E-state index in [0.29, 0.717) is 6.54 Å². The molecule has 1 aromatic carbocycles. The van der Waals surface area contributed by atoms with Crippen LogP contribution in [0.2, 0.25) is 0 Å². The number of ether oxygens (including phenoxy) is 1. The van der Waals surface area contributed by atoms with Crippen LogP contribution in [0.3, 0.4) is 0 Å². The van der Waals surface area contributed by atoms with Crippen LogP contribution < -0.4 is 5.73 Å². The molecule has 0 bridgehead atoms. The summed E-state index contributed by atoms with van der Waals surface area (Å²) in [5.41, 5.74) is 6.67. The fraction of sp³-hybridized carbons (Fsp3) is 0.500. The largest absolute Gasteiger partial charge is 0.373 e. The highest BCUT2D eigenvalue weighted by Gasteiger charge is 2.07. The third-order valence-electron chi connectivity index (χ3n) is 2.21. The van der Waals surface area contributed by atoms with Gasteiger partial charge in [0, 0.05) is 6.61 Å².